The molecular weight excluding hydrogens is 212 g/mol. The molecule has 3 heteroatoms. The van der Waals surface area contributed by atoms with Gasteiger partial charge in [0.1, 0.15) is 0 Å². The quantitative estimate of drug-likeness (QED) is 0.710. The molecule has 0 amide bonds. The van der Waals surface area contributed by atoms with Gasteiger partial charge in [-0.25, -0.2) is 0 Å². The van der Waals surface area contributed by atoms with E-state index in [9.17, 15) is 5.11 Å². The van der Waals surface area contributed by atoms with Crippen LogP contribution in [0.15, 0.2) is 0 Å². The van der Waals surface area contributed by atoms with Crippen LogP contribution in [0.25, 0.3) is 0 Å². The third kappa shape index (κ3) is 3.45. The summed E-state index contributed by atoms with van der Waals surface area (Å²) in [4.78, 5) is 2.34. The van der Waals surface area contributed by atoms with Crippen LogP contribution in [0.5, 0.6) is 0 Å². The van der Waals surface area contributed by atoms with Gasteiger partial charge in [-0.15, -0.1) is 6.42 Å². The zero-order chi connectivity index (χ0) is 12.1. The molecule has 1 aliphatic heterocycles. The average Bonchev–Trinajstić information content (AvgIpc) is 2.79. The van der Waals surface area contributed by atoms with Gasteiger partial charge in [0.15, 0.2) is 0 Å². The molecule has 0 aromatic rings. The van der Waals surface area contributed by atoms with Gasteiger partial charge in [-0.3, -0.25) is 4.90 Å². The molecule has 1 aliphatic carbocycles. The van der Waals surface area contributed by atoms with E-state index in [4.69, 9.17) is 6.42 Å². The Kier molecular flexibility index (Phi) is 4.85. The summed E-state index contributed by atoms with van der Waals surface area (Å²) in [5.74, 6) is 3.20. The molecule has 0 spiro atoms. The topological polar surface area (TPSA) is 35.5 Å². The Morgan fingerprint density at radius 1 is 1.24 bits per heavy atom. The van der Waals surface area contributed by atoms with Crippen molar-refractivity contribution in [3.05, 3.63) is 0 Å². The Labute approximate surface area is 105 Å². The summed E-state index contributed by atoms with van der Waals surface area (Å²) in [6.07, 6.45) is 11.4. The van der Waals surface area contributed by atoms with Crippen LogP contribution in [0.2, 0.25) is 0 Å². The van der Waals surface area contributed by atoms with E-state index in [0.717, 1.165) is 19.6 Å². The summed E-state index contributed by atoms with van der Waals surface area (Å²) in [6.45, 7) is 3.35. The minimum Gasteiger partial charge on any atom is -0.396 e. The van der Waals surface area contributed by atoms with Crippen LogP contribution in [0.4, 0.5) is 0 Å². The van der Waals surface area contributed by atoms with Crippen LogP contribution in [-0.2, 0) is 0 Å². The van der Waals surface area contributed by atoms with E-state index in [2.05, 4.69) is 16.1 Å². The molecule has 1 saturated carbocycles. The van der Waals surface area contributed by atoms with E-state index in [1.54, 1.807) is 0 Å². The molecule has 2 fully saturated rings. The second-order valence-corrected chi connectivity index (χ2v) is 5.40. The van der Waals surface area contributed by atoms with Crippen molar-refractivity contribution in [3.63, 3.8) is 0 Å². The van der Waals surface area contributed by atoms with Crippen molar-refractivity contribution in [2.24, 2.45) is 5.92 Å². The molecule has 1 saturated heterocycles. The first-order chi connectivity index (χ1) is 8.33. The molecule has 0 bridgehead atoms. The van der Waals surface area contributed by atoms with Gasteiger partial charge in [0.05, 0.1) is 6.54 Å². The highest BCUT2D eigenvalue weighted by Crippen LogP contribution is 2.26. The zero-order valence-corrected chi connectivity index (χ0v) is 10.6. The maximum Gasteiger partial charge on any atom is 0.0598 e. The van der Waals surface area contributed by atoms with Crippen molar-refractivity contribution in [1.82, 2.24) is 10.2 Å². The number of likely N-dealkylation sites (tertiary alicyclic amines) is 1. The summed E-state index contributed by atoms with van der Waals surface area (Å²) in [6, 6.07) is 1.17. The second-order valence-electron chi connectivity index (χ2n) is 5.40. The van der Waals surface area contributed by atoms with Crippen LogP contribution in [0.1, 0.15) is 32.1 Å². The van der Waals surface area contributed by atoms with Crippen molar-refractivity contribution < 1.29 is 5.11 Å². The van der Waals surface area contributed by atoms with Crippen molar-refractivity contribution in [2.75, 3.05) is 26.2 Å². The summed E-state index contributed by atoms with van der Waals surface area (Å²) < 4.78 is 0. The van der Waals surface area contributed by atoms with Gasteiger partial charge in [0, 0.05) is 31.8 Å². The lowest BCUT2D eigenvalue weighted by Gasteiger charge is -2.34. The van der Waals surface area contributed by atoms with Gasteiger partial charge in [0.2, 0.25) is 0 Å². The molecule has 2 N–H and O–H groups in total. The molecular formula is C14H24N2O. The van der Waals surface area contributed by atoms with E-state index < -0.39 is 0 Å². The third-order valence-corrected chi connectivity index (χ3v) is 4.25. The molecule has 2 atom stereocenters. The Morgan fingerprint density at radius 2 is 2.00 bits per heavy atom. The average molecular weight is 236 g/mol. The van der Waals surface area contributed by atoms with Gasteiger partial charge in [0.25, 0.3) is 0 Å². The van der Waals surface area contributed by atoms with E-state index in [1.807, 2.05) is 0 Å². The third-order valence-electron chi connectivity index (χ3n) is 4.25. The number of terminal acetylenes is 1. The first-order valence-corrected chi connectivity index (χ1v) is 6.86. The number of piperidine rings is 1. The van der Waals surface area contributed by atoms with Crippen molar-refractivity contribution >= 4 is 0 Å². The number of rotatable bonds is 4. The van der Waals surface area contributed by atoms with Crippen LogP contribution in [-0.4, -0.2) is 48.3 Å². The van der Waals surface area contributed by atoms with Crippen LogP contribution < -0.4 is 5.32 Å². The number of nitrogens with one attached hydrogen (secondary N) is 1. The van der Waals surface area contributed by atoms with E-state index in [-0.39, 0.29) is 0 Å². The molecule has 17 heavy (non-hydrogen) atoms. The summed E-state index contributed by atoms with van der Waals surface area (Å²) in [5.41, 5.74) is 0. The van der Waals surface area contributed by atoms with Gasteiger partial charge in [-0.05, 0) is 31.6 Å². The second kappa shape index (κ2) is 6.39. The first-order valence-electron chi connectivity index (χ1n) is 6.86. The zero-order valence-electron chi connectivity index (χ0n) is 10.6. The highest BCUT2D eigenvalue weighted by molar-refractivity contribution is 4.92. The minimum atomic E-state index is 0.341. The number of hydrogen-bond acceptors (Lipinski definition) is 3. The van der Waals surface area contributed by atoms with E-state index in [1.165, 1.54) is 32.1 Å². The summed E-state index contributed by atoms with van der Waals surface area (Å²) >= 11 is 0. The Balaban J connectivity index is 1.72. The number of nitrogens with zero attached hydrogens (tertiary/aromatic N) is 1. The highest BCUT2D eigenvalue weighted by atomic mass is 16.3. The summed E-state index contributed by atoms with van der Waals surface area (Å²) in [7, 11) is 0. The Morgan fingerprint density at radius 3 is 2.65 bits per heavy atom. The van der Waals surface area contributed by atoms with Gasteiger partial charge in [-0.1, -0.05) is 12.3 Å². The monoisotopic (exact) mass is 236 g/mol. The smallest absolute Gasteiger partial charge is 0.0598 e. The maximum atomic E-state index is 9.31. The largest absolute Gasteiger partial charge is 0.396 e. The first kappa shape index (κ1) is 12.9. The molecule has 2 aliphatic rings. The molecule has 96 valence electrons. The van der Waals surface area contributed by atoms with Gasteiger partial charge >= 0.3 is 0 Å². The lowest BCUT2D eigenvalue weighted by molar-refractivity contribution is 0.173. The minimum absolute atomic E-state index is 0.341. The van der Waals surface area contributed by atoms with Crippen LogP contribution >= 0.6 is 0 Å². The number of hydrogen-bond donors (Lipinski definition) is 2. The fourth-order valence-electron chi connectivity index (χ4n) is 3.16. The van der Waals surface area contributed by atoms with Gasteiger partial charge in [-0.2, -0.15) is 0 Å². The van der Waals surface area contributed by atoms with Crippen molar-refractivity contribution in [1.29, 1.82) is 0 Å². The normalized spacial score (nSPS) is 31.5. The molecule has 3 nitrogen and oxygen atoms in total. The number of aliphatic hydroxyl groups excluding tert-OH is 1. The summed E-state index contributed by atoms with van der Waals surface area (Å²) in [5, 5.41) is 13.1. The Hall–Kier alpha value is -0.560. The van der Waals surface area contributed by atoms with Crippen molar-refractivity contribution in [3.8, 4) is 12.3 Å². The predicted octanol–water partition coefficient (Wildman–Crippen LogP) is 0.835. The Bertz CT molecular complexity index is 266. The molecule has 2 unspecified atom stereocenters. The SMILES string of the molecule is C#CCN1CCC(NC2CCCC2CO)CC1. The van der Waals surface area contributed by atoms with E-state index >= 15 is 0 Å². The lowest BCUT2D eigenvalue weighted by atomic mass is 9.99. The molecule has 0 radical (unpaired) electrons. The number of aliphatic hydroxyl groups is 1. The predicted molar refractivity (Wildman–Crippen MR) is 69.6 cm³/mol. The maximum absolute atomic E-state index is 9.31. The standard InChI is InChI=1S/C14H24N2O/c1-2-8-16-9-6-13(7-10-16)15-14-5-3-4-12(14)11-17/h1,12-15,17H,3-11H2. The van der Waals surface area contributed by atoms with Crippen LogP contribution in [0.3, 0.4) is 0 Å². The van der Waals surface area contributed by atoms with Crippen molar-refractivity contribution in [2.45, 2.75) is 44.2 Å². The molecule has 1 heterocycles. The highest BCUT2D eigenvalue weighted by Gasteiger charge is 2.29. The molecule has 0 aromatic carbocycles. The van der Waals surface area contributed by atoms with Gasteiger partial charge < -0.3 is 10.4 Å². The molecule has 0 aromatic heterocycles. The fraction of sp³-hybridized carbons (Fsp3) is 0.857. The molecule has 2 rings (SSSR count). The van der Waals surface area contributed by atoms with Crippen LogP contribution in [0, 0.1) is 18.3 Å². The fourth-order valence-corrected chi connectivity index (χ4v) is 3.16. The van der Waals surface area contributed by atoms with E-state index in [0.29, 0.717) is 24.6 Å². The lowest BCUT2D eigenvalue weighted by Crippen LogP contribution is -2.47.